The van der Waals surface area contributed by atoms with Gasteiger partial charge in [0, 0.05) is 18.0 Å². The molecule has 2 saturated carbocycles. The first kappa shape index (κ1) is 23.5. The van der Waals surface area contributed by atoms with Gasteiger partial charge in [0.1, 0.15) is 0 Å². The highest BCUT2D eigenvalue weighted by Crippen LogP contribution is 2.54. The SMILES string of the molecule is CCc1nc(NC2CCC(C)CC2)nc(C2(c3ccccc3)CC2)c1C(=O)NCc1ccccc1. The topological polar surface area (TPSA) is 66.9 Å². The van der Waals surface area contributed by atoms with Crippen molar-refractivity contribution in [1.29, 1.82) is 0 Å². The maximum Gasteiger partial charge on any atom is 0.255 e. The lowest BCUT2D eigenvalue weighted by molar-refractivity contribution is 0.0947. The van der Waals surface area contributed by atoms with Crippen molar-refractivity contribution in [3.05, 3.63) is 88.7 Å². The van der Waals surface area contributed by atoms with E-state index in [1.54, 1.807) is 0 Å². The van der Waals surface area contributed by atoms with Gasteiger partial charge in [-0.25, -0.2) is 9.97 Å². The molecule has 2 fully saturated rings. The van der Waals surface area contributed by atoms with Gasteiger partial charge >= 0.3 is 0 Å². The molecule has 0 radical (unpaired) electrons. The highest BCUT2D eigenvalue weighted by atomic mass is 16.1. The number of nitrogens with one attached hydrogen (secondary N) is 2. The molecule has 2 aliphatic rings. The number of nitrogens with zero attached hydrogens (tertiary/aromatic N) is 2. The summed E-state index contributed by atoms with van der Waals surface area (Å²) in [4.78, 5) is 23.6. The Balaban J connectivity index is 1.51. The molecule has 1 amide bonds. The number of amides is 1. The van der Waals surface area contributed by atoms with Crippen molar-refractivity contribution in [2.75, 3.05) is 5.32 Å². The van der Waals surface area contributed by atoms with E-state index in [9.17, 15) is 4.79 Å². The number of carbonyl (C=O) groups is 1. The molecule has 5 rings (SSSR count). The second-order valence-corrected chi connectivity index (χ2v) is 10.3. The summed E-state index contributed by atoms with van der Waals surface area (Å²) in [5.41, 5.74) is 4.46. The highest BCUT2D eigenvalue weighted by molar-refractivity contribution is 5.97. The number of benzene rings is 2. The Morgan fingerprint density at radius 3 is 2.23 bits per heavy atom. The largest absolute Gasteiger partial charge is 0.351 e. The number of aryl methyl sites for hydroxylation is 1. The second-order valence-electron chi connectivity index (χ2n) is 10.3. The Hall–Kier alpha value is -3.21. The van der Waals surface area contributed by atoms with E-state index >= 15 is 0 Å². The lowest BCUT2D eigenvalue weighted by atomic mass is 9.87. The van der Waals surface area contributed by atoms with Crippen molar-refractivity contribution >= 4 is 11.9 Å². The lowest BCUT2D eigenvalue weighted by Crippen LogP contribution is -2.31. The average Bonchev–Trinajstić information content (AvgIpc) is 3.71. The molecule has 3 aromatic rings. The fourth-order valence-electron chi connectivity index (χ4n) is 5.41. The Morgan fingerprint density at radius 1 is 0.943 bits per heavy atom. The molecule has 0 atom stereocenters. The standard InChI is InChI=1S/C30H36N4O/c1-3-25-26(28(35)31-20-22-10-6-4-7-11-22)27(30(18-19-30)23-12-8-5-9-13-23)34-29(33-25)32-24-16-14-21(2)15-17-24/h4-13,21,24H,3,14-20H2,1-2H3,(H,31,35)(H,32,33,34). The Bertz CT molecular complexity index is 1150. The van der Waals surface area contributed by atoms with Crippen LogP contribution in [-0.2, 0) is 18.4 Å². The number of anilines is 1. The molecule has 0 aliphatic heterocycles. The number of carbonyl (C=O) groups excluding carboxylic acids is 1. The van der Waals surface area contributed by atoms with Crippen LogP contribution in [0.5, 0.6) is 0 Å². The van der Waals surface area contributed by atoms with Crippen LogP contribution in [0, 0.1) is 5.92 Å². The molecule has 5 heteroatoms. The molecule has 0 saturated heterocycles. The van der Waals surface area contributed by atoms with Crippen molar-refractivity contribution < 1.29 is 4.79 Å². The minimum atomic E-state index is -0.217. The summed E-state index contributed by atoms with van der Waals surface area (Å²) in [6.45, 7) is 4.90. The van der Waals surface area contributed by atoms with Crippen LogP contribution in [0.3, 0.4) is 0 Å². The zero-order valence-electron chi connectivity index (χ0n) is 20.9. The predicted octanol–water partition coefficient (Wildman–Crippen LogP) is 6.04. The van der Waals surface area contributed by atoms with Gasteiger partial charge in [0.25, 0.3) is 5.91 Å². The fraction of sp³-hybridized carbons (Fsp3) is 0.433. The summed E-state index contributed by atoms with van der Waals surface area (Å²) < 4.78 is 0. The summed E-state index contributed by atoms with van der Waals surface area (Å²) in [5, 5.41) is 6.79. The van der Waals surface area contributed by atoms with Crippen LogP contribution >= 0.6 is 0 Å². The molecule has 2 aliphatic carbocycles. The molecule has 0 spiro atoms. The van der Waals surface area contributed by atoms with E-state index < -0.39 is 0 Å². The molecule has 1 aromatic heterocycles. The molecule has 2 aromatic carbocycles. The average molecular weight is 469 g/mol. The predicted molar refractivity (Wildman–Crippen MR) is 141 cm³/mol. The first-order valence-corrected chi connectivity index (χ1v) is 13.1. The van der Waals surface area contributed by atoms with Crippen LogP contribution in [0.2, 0.25) is 0 Å². The molecular weight excluding hydrogens is 432 g/mol. The highest BCUT2D eigenvalue weighted by Gasteiger charge is 2.50. The van der Waals surface area contributed by atoms with Crippen LogP contribution in [0.15, 0.2) is 60.7 Å². The number of hydrogen-bond donors (Lipinski definition) is 2. The van der Waals surface area contributed by atoms with Crippen LogP contribution < -0.4 is 10.6 Å². The minimum absolute atomic E-state index is 0.0825. The van der Waals surface area contributed by atoms with Crippen LogP contribution in [0.4, 0.5) is 5.95 Å². The van der Waals surface area contributed by atoms with Gasteiger partial charge < -0.3 is 10.6 Å². The van der Waals surface area contributed by atoms with E-state index in [4.69, 9.17) is 9.97 Å². The molecule has 2 N–H and O–H groups in total. The minimum Gasteiger partial charge on any atom is -0.351 e. The second kappa shape index (κ2) is 10.2. The Kier molecular flexibility index (Phi) is 6.85. The molecule has 182 valence electrons. The Labute approximate surface area is 208 Å². The van der Waals surface area contributed by atoms with Crippen LogP contribution in [-0.4, -0.2) is 21.9 Å². The number of aromatic nitrogens is 2. The Morgan fingerprint density at radius 2 is 1.60 bits per heavy atom. The van der Waals surface area contributed by atoms with Gasteiger partial charge in [0.15, 0.2) is 0 Å². The first-order valence-electron chi connectivity index (χ1n) is 13.1. The maximum absolute atomic E-state index is 13.7. The number of hydrogen-bond acceptors (Lipinski definition) is 4. The summed E-state index contributed by atoms with van der Waals surface area (Å²) in [7, 11) is 0. The summed E-state index contributed by atoms with van der Waals surface area (Å²) in [6, 6.07) is 21.0. The van der Waals surface area contributed by atoms with E-state index in [1.807, 2.05) is 36.4 Å². The third kappa shape index (κ3) is 5.09. The third-order valence-electron chi connectivity index (χ3n) is 7.72. The monoisotopic (exact) mass is 468 g/mol. The maximum atomic E-state index is 13.7. The van der Waals surface area contributed by atoms with Crippen molar-refractivity contribution in [1.82, 2.24) is 15.3 Å². The normalized spacial score (nSPS) is 20.7. The van der Waals surface area contributed by atoms with Gasteiger partial charge in [0.05, 0.1) is 17.0 Å². The molecule has 1 heterocycles. The molecule has 5 nitrogen and oxygen atoms in total. The van der Waals surface area contributed by atoms with Crippen molar-refractivity contribution in [2.45, 2.75) is 76.8 Å². The van der Waals surface area contributed by atoms with E-state index in [2.05, 4.69) is 48.7 Å². The summed E-state index contributed by atoms with van der Waals surface area (Å²) in [5.74, 6) is 1.39. The van der Waals surface area contributed by atoms with Crippen LogP contribution in [0.25, 0.3) is 0 Å². The quantitative estimate of drug-likeness (QED) is 0.423. The van der Waals surface area contributed by atoms with Gasteiger partial charge in [-0.15, -0.1) is 0 Å². The van der Waals surface area contributed by atoms with E-state index in [0.29, 0.717) is 30.5 Å². The van der Waals surface area contributed by atoms with E-state index in [0.717, 1.165) is 48.6 Å². The van der Waals surface area contributed by atoms with Gasteiger partial charge in [-0.1, -0.05) is 74.5 Å². The van der Waals surface area contributed by atoms with E-state index in [-0.39, 0.29) is 11.3 Å². The van der Waals surface area contributed by atoms with E-state index in [1.165, 1.54) is 18.4 Å². The summed E-state index contributed by atoms with van der Waals surface area (Å²) in [6.07, 6.45) is 7.44. The molecular formula is C30H36N4O. The van der Waals surface area contributed by atoms with Gasteiger partial charge in [-0.2, -0.15) is 0 Å². The summed E-state index contributed by atoms with van der Waals surface area (Å²) >= 11 is 0. The van der Waals surface area contributed by atoms with Crippen molar-refractivity contribution in [3.8, 4) is 0 Å². The molecule has 0 bridgehead atoms. The van der Waals surface area contributed by atoms with Gasteiger partial charge in [-0.3, -0.25) is 4.79 Å². The van der Waals surface area contributed by atoms with Gasteiger partial charge in [-0.05, 0) is 62.0 Å². The van der Waals surface area contributed by atoms with Crippen LogP contribution in [0.1, 0.15) is 85.2 Å². The zero-order chi connectivity index (χ0) is 24.3. The van der Waals surface area contributed by atoms with Gasteiger partial charge in [0.2, 0.25) is 5.95 Å². The fourth-order valence-corrected chi connectivity index (χ4v) is 5.41. The molecule has 0 unspecified atom stereocenters. The number of rotatable bonds is 8. The smallest absolute Gasteiger partial charge is 0.255 e. The van der Waals surface area contributed by atoms with Crippen molar-refractivity contribution in [3.63, 3.8) is 0 Å². The molecule has 35 heavy (non-hydrogen) atoms. The lowest BCUT2D eigenvalue weighted by Gasteiger charge is -2.28. The first-order chi connectivity index (χ1) is 17.1. The third-order valence-corrected chi connectivity index (χ3v) is 7.72. The van der Waals surface area contributed by atoms with Crippen molar-refractivity contribution in [2.24, 2.45) is 5.92 Å². The zero-order valence-corrected chi connectivity index (χ0v) is 20.9.